The van der Waals surface area contributed by atoms with Crippen molar-refractivity contribution >= 4 is 39.2 Å². The molecule has 1 aromatic rings. The van der Waals surface area contributed by atoms with E-state index in [1.165, 1.54) is 6.07 Å². The van der Waals surface area contributed by atoms with Crippen LogP contribution in [0.2, 0.25) is 0 Å². The first-order chi connectivity index (χ1) is 8.09. The van der Waals surface area contributed by atoms with E-state index < -0.39 is 0 Å². The van der Waals surface area contributed by atoms with Gasteiger partial charge in [0.25, 0.3) is 0 Å². The molecule has 0 saturated carbocycles. The molecule has 1 unspecified atom stereocenters. The van der Waals surface area contributed by atoms with E-state index in [4.69, 9.17) is 0 Å². The fraction of sp³-hybridized carbons (Fsp3) is 0.500. The summed E-state index contributed by atoms with van der Waals surface area (Å²) < 4.78 is 0.631. The second-order valence-corrected chi connectivity index (χ2v) is 5.94. The van der Waals surface area contributed by atoms with Crippen LogP contribution in [0.5, 0.6) is 0 Å². The SMILES string of the molecule is CC1CSCCN1c1ncc(Br)cc1[N+](=O)[O-]. The number of nitrogens with zero attached hydrogens (tertiary/aromatic N) is 3. The third kappa shape index (κ3) is 2.71. The number of thioether (sulfide) groups is 1. The highest BCUT2D eigenvalue weighted by Gasteiger charge is 2.27. The smallest absolute Gasteiger partial charge is 0.312 e. The van der Waals surface area contributed by atoms with Crippen molar-refractivity contribution in [2.45, 2.75) is 13.0 Å². The molecule has 1 aliphatic rings. The third-order valence-corrected chi connectivity index (χ3v) is 4.27. The molecule has 0 spiro atoms. The average molecular weight is 318 g/mol. The molecule has 0 N–H and O–H groups in total. The van der Waals surface area contributed by atoms with Gasteiger partial charge in [0.1, 0.15) is 0 Å². The zero-order valence-electron chi connectivity index (χ0n) is 9.30. The Labute approximate surface area is 112 Å². The second kappa shape index (κ2) is 5.22. The van der Waals surface area contributed by atoms with Gasteiger partial charge in [0, 0.05) is 40.8 Å². The molecule has 17 heavy (non-hydrogen) atoms. The van der Waals surface area contributed by atoms with Gasteiger partial charge in [0.2, 0.25) is 5.82 Å². The van der Waals surface area contributed by atoms with Gasteiger partial charge in [-0.05, 0) is 22.9 Å². The van der Waals surface area contributed by atoms with Gasteiger partial charge < -0.3 is 4.90 Å². The Morgan fingerprint density at radius 2 is 2.47 bits per heavy atom. The van der Waals surface area contributed by atoms with Crippen molar-refractivity contribution < 1.29 is 4.92 Å². The van der Waals surface area contributed by atoms with E-state index in [1.54, 1.807) is 6.20 Å². The van der Waals surface area contributed by atoms with Crippen LogP contribution in [-0.2, 0) is 0 Å². The Morgan fingerprint density at radius 3 is 3.12 bits per heavy atom. The van der Waals surface area contributed by atoms with E-state index in [0.717, 1.165) is 18.1 Å². The number of pyridine rings is 1. The quantitative estimate of drug-likeness (QED) is 0.620. The largest absolute Gasteiger partial charge is 0.347 e. The molecule has 2 heterocycles. The lowest BCUT2D eigenvalue weighted by atomic mass is 10.2. The first-order valence-electron chi connectivity index (χ1n) is 5.24. The Morgan fingerprint density at radius 1 is 1.71 bits per heavy atom. The van der Waals surface area contributed by atoms with Crippen LogP contribution >= 0.6 is 27.7 Å². The number of aromatic nitrogens is 1. The zero-order valence-corrected chi connectivity index (χ0v) is 11.7. The molecule has 0 aliphatic carbocycles. The number of rotatable bonds is 2. The lowest BCUT2D eigenvalue weighted by Gasteiger charge is -2.33. The summed E-state index contributed by atoms with van der Waals surface area (Å²) in [5.74, 6) is 2.44. The van der Waals surface area contributed by atoms with Crippen molar-refractivity contribution in [3.8, 4) is 0 Å². The maximum Gasteiger partial charge on any atom is 0.312 e. The number of halogens is 1. The van der Waals surface area contributed by atoms with Crippen LogP contribution in [0.1, 0.15) is 6.92 Å². The average Bonchev–Trinajstić information content (AvgIpc) is 2.30. The molecule has 2 rings (SSSR count). The van der Waals surface area contributed by atoms with Crippen molar-refractivity contribution in [2.75, 3.05) is 23.0 Å². The lowest BCUT2D eigenvalue weighted by molar-refractivity contribution is -0.384. The summed E-state index contributed by atoms with van der Waals surface area (Å²) in [6, 6.07) is 1.79. The van der Waals surface area contributed by atoms with Gasteiger partial charge >= 0.3 is 5.69 Å². The van der Waals surface area contributed by atoms with Gasteiger partial charge in [-0.1, -0.05) is 0 Å². The fourth-order valence-corrected chi connectivity index (χ4v) is 3.15. The van der Waals surface area contributed by atoms with E-state index in [0.29, 0.717) is 10.3 Å². The second-order valence-electron chi connectivity index (χ2n) is 3.87. The minimum Gasteiger partial charge on any atom is -0.347 e. The number of hydrogen-bond acceptors (Lipinski definition) is 5. The molecule has 1 fully saturated rings. The molecule has 0 amide bonds. The molecule has 5 nitrogen and oxygen atoms in total. The Bertz CT molecular complexity index is 444. The summed E-state index contributed by atoms with van der Waals surface area (Å²) >= 11 is 5.08. The molecular weight excluding hydrogens is 306 g/mol. The zero-order chi connectivity index (χ0) is 12.4. The van der Waals surface area contributed by atoms with Crippen molar-refractivity contribution in [2.24, 2.45) is 0 Å². The molecule has 7 heteroatoms. The van der Waals surface area contributed by atoms with Gasteiger partial charge in [-0.25, -0.2) is 4.98 Å². The predicted octanol–water partition coefficient (Wildman–Crippen LogP) is 2.69. The van der Waals surface area contributed by atoms with Gasteiger partial charge in [-0.15, -0.1) is 0 Å². The van der Waals surface area contributed by atoms with Crippen molar-refractivity contribution in [1.82, 2.24) is 4.98 Å². The van der Waals surface area contributed by atoms with Gasteiger partial charge in [-0.3, -0.25) is 10.1 Å². The molecule has 1 aliphatic heterocycles. The lowest BCUT2D eigenvalue weighted by Crippen LogP contribution is -2.41. The van der Waals surface area contributed by atoms with Crippen LogP contribution in [0.15, 0.2) is 16.7 Å². The summed E-state index contributed by atoms with van der Waals surface area (Å²) in [6.45, 7) is 2.88. The number of nitro groups is 1. The highest BCUT2D eigenvalue weighted by atomic mass is 79.9. The maximum atomic E-state index is 11.0. The van der Waals surface area contributed by atoms with Gasteiger partial charge in [0.15, 0.2) is 0 Å². The standard InChI is InChI=1S/C10H12BrN3O2S/c1-7-6-17-3-2-13(7)10-9(14(15)16)4-8(11)5-12-10/h4-5,7H,2-3,6H2,1H3. The highest BCUT2D eigenvalue weighted by Crippen LogP contribution is 2.32. The van der Waals surface area contributed by atoms with E-state index in [2.05, 4.69) is 27.8 Å². The third-order valence-electron chi connectivity index (χ3n) is 2.65. The summed E-state index contributed by atoms with van der Waals surface area (Å²) in [6.07, 6.45) is 1.61. The topological polar surface area (TPSA) is 59.3 Å². The Kier molecular flexibility index (Phi) is 3.88. The normalized spacial score (nSPS) is 20.4. The molecule has 1 aromatic heterocycles. The number of anilines is 1. The first kappa shape index (κ1) is 12.6. The van der Waals surface area contributed by atoms with Gasteiger partial charge in [0.05, 0.1) is 4.92 Å². The molecular formula is C10H12BrN3O2S. The molecule has 92 valence electrons. The van der Waals surface area contributed by atoms with Crippen LogP contribution in [0, 0.1) is 10.1 Å². The van der Waals surface area contributed by atoms with Crippen LogP contribution in [0.4, 0.5) is 11.5 Å². The van der Waals surface area contributed by atoms with E-state index >= 15 is 0 Å². The van der Waals surface area contributed by atoms with E-state index in [-0.39, 0.29) is 16.7 Å². The van der Waals surface area contributed by atoms with Crippen molar-refractivity contribution in [1.29, 1.82) is 0 Å². The first-order valence-corrected chi connectivity index (χ1v) is 7.18. The summed E-state index contributed by atoms with van der Waals surface area (Å²) in [4.78, 5) is 16.9. The molecule has 1 atom stereocenters. The predicted molar refractivity (Wildman–Crippen MR) is 72.7 cm³/mol. The van der Waals surface area contributed by atoms with E-state index in [9.17, 15) is 10.1 Å². The van der Waals surface area contributed by atoms with Crippen LogP contribution in [-0.4, -0.2) is 34.0 Å². The minimum absolute atomic E-state index is 0.0677. The Hall–Kier alpha value is -0.820. The van der Waals surface area contributed by atoms with Gasteiger partial charge in [-0.2, -0.15) is 11.8 Å². The van der Waals surface area contributed by atoms with E-state index in [1.807, 2.05) is 16.7 Å². The minimum atomic E-state index is -0.373. The van der Waals surface area contributed by atoms with Crippen molar-refractivity contribution in [3.05, 3.63) is 26.9 Å². The summed E-state index contributed by atoms with van der Waals surface area (Å²) in [5, 5.41) is 11.0. The van der Waals surface area contributed by atoms with Crippen LogP contribution in [0.25, 0.3) is 0 Å². The maximum absolute atomic E-state index is 11.0. The molecule has 0 bridgehead atoms. The van der Waals surface area contributed by atoms with Crippen LogP contribution in [0.3, 0.4) is 0 Å². The monoisotopic (exact) mass is 317 g/mol. The Balaban J connectivity index is 2.39. The molecule has 1 saturated heterocycles. The molecule has 0 radical (unpaired) electrons. The number of hydrogen-bond donors (Lipinski definition) is 0. The fourth-order valence-electron chi connectivity index (χ4n) is 1.82. The van der Waals surface area contributed by atoms with Crippen molar-refractivity contribution in [3.63, 3.8) is 0 Å². The van der Waals surface area contributed by atoms with Crippen LogP contribution < -0.4 is 4.90 Å². The summed E-state index contributed by atoms with van der Waals surface area (Å²) in [7, 11) is 0. The molecule has 0 aromatic carbocycles. The highest BCUT2D eigenvalue weighted by molar-refractivity contribution is 9.10. The summed E-state index contributed by atoms with van der Waals surface area (Å²) in [5.41, 5.74) is 0.0677.